The second-order valence-electron chi connectivity index (χ2n) is 6.37. The van der Waals surface area contributed by atoms with Crippen molar-refractivity contribution in [3.05, 3.63) is 0 Å². The van der Waals surface area contributed by atoms with Gasteiger partial charge < -0.3 is 25.8 Å². The minimum atomic E-state index is -0.650. The molecule has 1 unspecified atom stereocenters. The van der Waals surface area contributed by atoms with Crippen LogP contribution in [0, 0.1) is 17.8 Å². The fraction of sp³-hybridized carbons (Fsp3) is 0.812. The first-order valence-electron chi connectivity index (χ1n) is 8.32. The van der Waals surface area contributed by atoms with Crippen LogP contribution in [0.5, 0.6) is 0 Å². The molecule has 2 amide bonds. The SMILES string of the molecule is COC(=O)C(CNC(=O)CNC(=O)[C@@H](N)C(C)C)C1CCOCC1. The Kier molecular flexibility index (Phi) is 8.70. The van der Waals surface area contributed by atoms with Crippen molar-refractivity contribution in [3.8, 4) is 0 Å². The fourth-order valence-electron chi connectivity index (χ4n) is 2.59. The summed E-state index contributed by atoms with van der Waals surface area (Å²) in [6.07, 6.45) is 1.52. The van der Waals surface area contributed by atoms with Crippen LogP contribution in [0.25, 0.3) is 0 Å². The molecule has 2 atom stereocenters. The van der Waals surface area contributed by atoms with Gasteiger partial charge in [-0.3, -0.25) is 14.4 Å². The van der Waals surface area contributed by atoms with Crippen LogP contribution in [0.3, 0.4) is 0 Å². The predicted molar refractivity (Wildman–Crippen MR) is 87.9 cm³/mol. The Balaban J connectivity index is 2.43. The van der Waals surface area contributed by atoms with Crippen molar-refractivity contribution in [3.63, 3.8) is 0 Å². The molecule has 0 bridgehead atoms. The van der Waals surface area contributed by atoms with Gasteiger partial charge in [-0.05, 0) is 24.7 Å². The molecule has 4 N–H and O–H groups in total. The zero-order valence-electron chi connectivity index (χ0n) is 14.7. The van der Waals surface area contributed by atoms with E-state index in [9.17, 15) is 14.4 Å². The van der Waals surface area contributed by atoms with Crippen molar-refractivity contribution in [2.24, 2.45) is 23.5 Å². The van der Waals surface area contributed by atoms with Crippen molar-refractivity contribution in [2.75, 3.05) is 33.4 Å². The lowest BCUT2D eigenvalue weighted by molar-refractivity contribution is -0.148. The van der Waals surface area contributed by atoms with Crippen molar-refractivity contribution in [1.29, 1.82) is 0 Å². The van der Waals surface area contributed by atoms with E-state index < -0.39 is 12.0 Å². The molecule has 24 heavy (non-hydrogen) atoms. The number of amides is 2. The molecule has 0 aromatic rings. The highest BCUT2D eigenvalue weighted by atomic mass is 16.5. The molecule has 0 aliphatic carbocycles. The summed E-state index contributed by atoms with van der Waals surface area (Å²) in [6.45, 7) is 4.89. The smallest absolute Gasteiger partial charge is 0.310 e. The molecule has 0 saturated carbocycles. The third-order valence-electron chi connectivity index (χ3n) is 4.30. The summed E-state index contributed by atoms with van der Waals surface area (Å²) >= 11 is 0. The Hall–Kier alpha value is -1.67. The highest BCUT2D eigenvalue weighted by molar-refractivity contribution is 5.87. The molecule has 1 rings (SSSR count). The van der Waals surface area contributed by atoms with E-state index in [0.717, 1.165) is 12.8 Å². The van der Waals surface area contributed by atoms with Crippen LogP contribution in [-0.2, 0) is 23.9 Å². The lowest BCUT2D eigenvalue weighted by Crippen LogP contribution is -2.48. The maximum absolute atomic E-state index is 12.0. The molecule has 1 aliphatic heterocycles. The molecule has 1 heterocycles. The number of hydrogen-bond acceptors (Lipinski definition) is 6. The van der Waals surface area contributed by atoms with Gasteiger partial charge >= 0.3 is 5.97 Å². The summed E-state index contributed by atoms with van der Waals surface area (Å²) in [4.78, 5) is 35.6. The first kappa shape index (κ1) is 20.4. The Bertz CT molecular complexity index is 435. The molecule has 8 nitrogen and oxygen atoms in total. The van der Waals surface area contributed by atoms with Crippen molar-refractivity contribution in [1.82, 2.24) is 10.6 Å². The first-order valence-corrected chi connectivity index (χ1v) is 8.32. The number of hydrogen-bond donors (Lipinski definition) is 3. The molecule has 0 aromatic carbocycles. The largest absolute Gasteiger partial charge is 0.469 e. The molecule has 1 aliphatic rings. The third kappa shape index (κ3) is 6.45. The van der Waals surface area contributed by atoms with Gasteiger partial charge in [-0.25, -0.2) is 0 Å². The first-order chi connectivity index (χ1) is 11.4. The van der Waals surface area contributed by atoms with Crippen LogP contribution < -0.4 is 16.4 Å². The van der Waals surface area contributed by atoms with Gasteiger partial charge in [0, 0.05) is 19.8 Å². The van der Waals surface area contributed by atoms with Crippen LogP contribution >= 0.6 is 0 Å². The van der Waals surface area contributed by atoms with Crippen molar-refractivity contribution < 1.29 is 23.9 Å². The summed E-state index contributed by atoms with van der Waals surface area (Å²) in [6, 6.07) is -0.650. The Morgan fingerprint density at radius 3 is 2.38 bits per heavy atom. The number of esters is 1. The van der Waals surface area contributed by atoms with Gasteiger partial charge in [-0.2, -0.15) is 0 Å². The molecule has 1 saturated heterocycles. The van der Waals surface area contributed by atoms with Crippen LogP contribution in [0.4, 0.5) is 0 Å². The van der Waals surface area contributed by atoms with Gasteiger partial charge in [-0.1, -0.05) is 13.8 Å². The monoisotopic (exact) mass is 343 g/mol. The molecule has 1 fully saturated rings. The van der Waals surface area contributed by atoms with Crippen LogP contribution in [-0.4, -0.2) is 57.2 Å². The zero-order chi connectivity index (χ0) is 18.1. The number of ether oxygens (including phenoxy) is 2. The van der Waals surface area contributed by atoms with Crippen LogP contribution in [0.2, 0.25) is 0 Å². The minimum absolute atomic E-state index is 0.00899. The molecular weight excluding hydrogens is 314 g/mol. The van der Waals surface area contributed by atoms with E-state index in [1.807, 2.05) is 13.8 Å². The standard InChI is InChI=1S/C16H29N3O5/c1-10(2)14(17)15(21)19-9-13(20)18-8-12(16(22)23-3)11-4-6-24-7-5-11/h10-12,14H,4-9,17H2,1-3H3,(H,18,20)(H,19,21)/t12?,14-/m0/s1. The van der Waals surface area contributed by atoms with Crippen molar-refractivity contribution >= 4 is 17.8 Å². The number of carbonyl (C=O) groups is 3. The fourth-order valence-corrected chi connectivity index (χ4v) is 2.59. The Labute approximate surface area is 142 Å². The lowest BCUT2D eigenvalue weighted by Gasteiger charge is -2.28. The van der Waals surface area contributed by atoms with E-state index in [0.29, 0.717) is 13.2 Å². The molecule has 8 heteroatoms. The van der Waals surface area contributed by atoms with Gasteiger partial charge in [0.05, 0.1) is 25.6 Å². The topological polar surface area (TPSA) is 120 Å². The van der Waals surface area contributed by atoms with E-state index in [2.05, 4.69) is 10.6 Å². The lowest BCUT2D eigenvalue weighted by atomic mass is 9.86. The highest BCUT2D eigenvalue weighted by Crippen LogP contribution is 2.24. The second-order valence-corrected chi connectivity index (χ2v) is 6.37. The summed E-state index contributed by atoms with van der Waals surface area (Å²) in [5.41, 5.74) is 5.71. The van der Waals surface area contributed by atoms with Gasteiger partial charge in [-0.15, -0.1) is 0 Å². The normalized spacial score (nSPS) is 17.9. The molecule has 0 radical (unpaired) electrons. The average molecular weight is 343 g/mol. The predicted octanol–water partition coefficient (Wildman–Crippen LogP) is -0.582. The van der Waals surface area contributed by atoms with Crippen LogP contribution in [0.15, 0.2) is 0 Å². The van der Waals surface area contributed by atoms with Gasteiger partial charge in [0.1, 0.15) is 0 Å². The number of methoxy groups -OCH3 is 1. The summed E-state index contributed by atoms with van der Waals surface area (Å²) in [5, 5.41) is 5.18. The number of rotatable bonds is 8. The average Bonchev–Trinajstić information content (AvgIpc) is 2.59. The Morgan fingerprint density at radius 2 is 1.83 bits per heavy atom. The highest BCUT2D eigenvalue weighted by Gasteiger charge is 2.31. The zero-order valence-corrected chi connectivity index (χ0v) is 14.7. The third-order valence-corrected chi connectivity index (χ3v) is 4.30. The number of carbonyl (C=O) groups excluding carboxylic acids is 3. The maximum atomic E-state index is 12.0. The Morgan fingerprint density at radius 1 is 1.21 bits per heavy atom. The molecular formula is C16H29N3O5. The van der Waals surface area contributed by atoms with E-state index in [-0.39, 0.29) is 42.7 Å². The van der Waals surface area contributed by atoms with E-state index >= 15 is 0 Å². The van der Waals surface area contributed by atoms with E-state index in [1.54, 1.807) is 0 Å². The summed E-state index contributed by atoms with van der Waals surface area (Å²) in [5.74, 6) is -1.36. The van der Waals surface area contributed by atoms with E-state index in [4.69, 9.17) is 15.2 Å². The van der Waals surface area contributed by atoms with Crippen LogP contribution in [0.1, 0.15) is 26.7 Å². The van der Waals surface area contributed by atoms with Gasteiger partial charge in [0.15, 0.2) is 0 Å². The molecule has 0 aromatic heterocycles. The minimum Gasteiger partial charge on any atom is -0.469 e. The van der Waals surface area contributed by atoms with Gasteiger partial charge in [0.2, 0.25) is 11.8 Å². The second kappa shape index (κ2) is 10.2. The van der Waals surface area contributed by atoms with E-state index in [1.165, 1.54) is 7.11 Å². The molecule has 0 spiro atoms. The number of nitrogens with two attached hydrogens (primary N) is 1. The summed E-state index contributed by atoms with van der Waals surface area (Å²) < 4.78 is 10.1. The quantitative estimate of drug-likeness (QED) is 0.507. The van der Waals surface area contributed by atoms with Crippen molar-refractivity contribution in [2.45, 2.75) is 32.7 Å². The molecule has 138 valence electrons. The summed E-state index contributed by atoms with van der Waals surface area (Å²) in [7, 11) is 1.34. The number of nitrogens with one attached hydrogen (secondary N) is 2. The maximum Gasteiger partial charge on any atom is 0.310 e. The van der Waals surface area contributed by atoms with Gasteiger partial charge in [0.25, 0.3) is 0 Å².